The molecular formula is C60H55N13O11S6. The Balaban J connectivity index is 0.931. The summed E-state index contributed by atoms with van der Waals surface area (Å²) >= 11 is 6.89. The predicted molar refractivity (Wildman–Crippen MR) is 337 cm³/mol. The minimum atomic E-state index is -1.42. The van der Waals surface area contributed by atoms with E-state index in [1.54, 1.807) is 77.7 Å². The van der Waals surface area contributed by atoms with Crippen molar-refractivity contribution >= 4 is 109 Å². The van der Waals surface area contributed by atoms with Crippen molar-refractivity contribution in [2.75, 3.05) is 6.54 Å². The second-order valence-corrected chi connectivity index (χ2v) is 27.5. The summed E-state index contributed by atoms with van der Waals surface area (Å²) in [7, 11) is 0. The number of carbonyl (C=O) groups excluding carboxylic acids is 6. The molecule has 1 saturated carbocycles. The number of primary amides is 1. The molecule has 90 heavy (non-hydrogen) atoms. The van der Waals surface area contributed by atoms with Crippen molar-refractivity contribution in [3.63, 3.8) is 0 Å². The summed E-state index contributed by atoms with van der Waals surface area (Å²) in [6.45, 7) is 3.34. The highest BCUT2D eigenvalue weighted by atomic mass is 32.1. The second-order valence-electron chi connectivity index (χ2n) is 21.9. The summed E-state index contributed by atoms with van der Waals surface area (Å²) in [6, 6.07) is 13.5. The lowest BCUT2D eigenvalue weighted by Crippen LogP contribution is -2.50. The quantitative estimate of drug-likeness (QED) is 0.0634. The molecule has 1 saturated heterocycles. The first kappa shape index (κ1) is 61.6. The Bertz CT molecular complexity index is 4210. The van der Waals surface area contributed by atoms with Crippen LogP contribution in [0.3, 0.4) is 0 Å². The highest BCUT2D eigenvalue weighted by molar-refractivity contribution is 7.15. The monoisotopic (exact) mass is 1330 g/mol. The molecule has 0 radical (unpaired) electrons. The van der Waals surface area contributed by atoms with E-state index in [0.29, 0.717) is 90.1 Å². The van der Waals surface area contributed by atoms with Gasteiger partial charge in [-0.2, -0.15) is 0 Å². The van der Waals surface area contributed by atoms with Crippen molar-refractivity contribution in [2.45, 2.75) is 94.8 Å². The van der Waals surface area contributed by atoms with E-state index in [2.05, 4.69) is 36.2 Å². The number of fused-ring (bicyclic) bond motifs is 16. The van der Waals surface area contributed by atoms with Crippen molar-refractivity contribution in [1.29, 1.82) is 0 Å². The van der Waals surface area contributed by atoms with Crippen LogP contribution in [-0.2, 0) is 20.8 Å². The van der Waals surface area contributed by atoms with Crippen molar-refractivity contribution in [3.8, 4) is 49.1 Å². The van der Waals surface area contributed by atoms with E-state index >= 15 is 4.79 Å². The van der Waals surface area contributed by atoms with E-state index in [1.807, 2.05) is 6.92 Å². The highest BCUT2D eigenvalue weighted by Crippen LogP contribution is 2.43. The Labute approximate surface area is 536 Å². The van der Waals surface area contributed by atoms with Gasteiger partial charge in [0.15, 0.2) is 0 Å². The third kappa shape index (κ3) is 13.0. The van der Waals surface area contributed by atoms with Crippen LogP contribution < -0.4 is 27.0 Å². The summed E-state index contributed by atoms with van der Waals surface area (Å²) in [5.74, 6) is -5.75. The number of pyridine rings is 1. The molecule has 1 aliphatic carbocycles. The van der Waals surface area contributed by atoms with Gasteiger partial charge in [0.1, 0.15) is 93.8 Å². The van der Waals surface area contributed by atoms with Gasteiger partial charge in [-0.3, -0.25) is 33.6 Å². The molecule has 0 spiro atoms. The normalized spacial score (nSPS) is 21.8. The van der Waals surface area contributed by atoms with Crippen molar-refractivity contribution in [3.05, 3.63) is 147 Å². The number of phenols is 1. The predicted octanol–water partition coefficient (Wildman–Crippen LogP) is 7.66. The molecule has 2 aliphatic heterocycles. The standard InChI is InChI=1S/C60H55N13O11S6/c1-26-42(75)20-73-47(26)58-70-41(25-89-58)55-66-37(21-86-55)45-33(16-17-34(63-45)54-68-38(23-87-54)49(78)62-31-12-10-30(11-13-31)60(83)84)53-67-39(22-85-53)50(79)64-35(19-43(61)76)56-72-44(27(2)90-56)52(81)71-46(48(77)29-6-4-3-5-7-29)57-69-40(24-88-57)51(80)65-36(59(73)82)18-28-8-14-32(74)15-9-28/h3-9,14-17,21-26,30-31,35-36,42,46-48,74-75,77H,10-13,18-20H2,1-2H3,(H2,61,76)(H,62,78)(H,64,79)(H,65,80)(H,71,81)(H,83,84)/t26-,30?,31?,35-,36?,42-,46-,47-,48+/m0/s1. The molecule has 7 aromatic heterocycles. The molecule has 7 atom stereocenters. The summed E-state index contributed by atoms with van der Waals surface area (Å²) in [5, 5.41) is 65.0. The van der Waals surface area contributed by atoms with E-state index in [-0.39, 0.29) is 57.5 Å². The fraction of sp³-hybridized carbons (Fsp3) is 0.300. The van der Waals surface area contributed by atoms with Gasteiger partial charge in [-0.15, -0.1) is 68.0 Å². The lowest BCUT2D eigenvalue weighted by atomic mass is 9.86. The molecule has 1 unspecified atom stereocenters. The number of rotatable bonds is 10. The minimum absolute atomic E-state index is 0.00805. The molecular weight excluding hydrogens is 1270 g/mol. The fourth-order valence-corrected chi connectivity index (χ4v) is 16.4. The molecule has 30 heteroatoms. The number of aliphatic hydroxyl groups excluding tert-OH is 2. The molecule has 10 bridgehead atoms. The largest absolute Gasteiger partial charge is 0.508 e. The van der Waals surface area contributed by atoms with Crippen LogP contribution in [0.1, 0.15) is 136 Å². The molecule has 9 heterocycles. The number of carboxylic acids is 1. The molecule has 12 rings (SSSR count). The third-order valence-corrected chi connectivity index (χ3v) is 21.4. The van der Waals surface area contributed by atoms with Gasteiger partial charge in [-0.05, 0) is 68.0 Å². The van der Waals surface area contributed by atoms with Gasteiger partial charge in [0.2, 0.25) is 11.8 Å². The number of aromatic hydroxyl groups is 1. The van der Waals surface area contributed by atoms with Gasteiger partial charge >= 0.3 is 5.97 Å². The molecule has 3 aliphatic rings. The number of aromatic nitrogens is 7. The van der Waals surface area contributed by atoms with Crippen LogP contribution in [0.15, 0.2) is 93.6 Å². The van der Waals surface area contributed by atoms with E-state index in [1.165, 1.54) is 61.8 Å². The Morgan fingerprint density at radius 2 is 1.32 bits per heavy atom. The van der Waals surface area contributed by atoms with E-state index in [4.69, 9.17) is 25.7 Å². The second kappa shape index (κ2) is 26.1. The SMILES string of the molecule is Cc1sc2nc1C(=O)N[C@@H]([C@H](O)c1ccccc1)c1nc(cs1)C(=O)NC(Cc1ccc(O)cc1)C(=O)N1C[C@H](O)[C@H](C)[C@H]1c1nc(cs1)-c1nc(cs1)-c1nc(-c3nc(C(=O)NC4CCC(C(=O)O)CC4)cs3)ccc1-c1nc(cs1)C(=O)N[C@H]2CC(N)=O. The number of nitrogens with one attached hydrogen (secondary N) is 4. The number of aliphatic carboxylic acids is 1. The Hall–Kier alpha value is -8.62. The van der Waals surface area contributed by atoms with Crippen LogP contribution in [0.25, 0.3) is 43.4 Å². The van der Waals surface area contributed by atoms with Crippen molar-refractivity contribution < 1.29 is 54.0 Å². The van der Waals surface area contributed by atoms with Crippen LogP contribution in [0, 0.1) is 18.8 Å². The molecule has 6 amide bonds. The average Bonchev–Trinajstić information content (AvgIpc) is 1.70. The summed E-state index contributed by atoms with van der Waals surface area (Å²) in [4.78, 5) is 132. The first-order valence-corrected chi connectivity index (χ1v) is 33.5. The number of amides is 6. The topological polar surface area (TPSA) is 368 Å². The van der Waals surface area contributed by atoms with Crippen molar-refractivity contribution in [1.82, 2.24) is 61.1 Å². The van der Waals surface area contributed by atoms with Crippen LogP contribution in [0.2, 0.25) is 0 Å². The number of thiazole rings is 6. The molecule has 24 nitrogen and oxygen atoms in total. The molecule has 2 fully saturated rings. The van der Waals surface area contributed by atoms with E-state index < -0.39 is 96.0 Å². The zero-order chi connectivity index (χ0) is 63.1. The third-order valence-electron chi connectivity index (χ3n) is 15.9. The number of aryl methyl sites for hydroxylation is 1. The number of hydrogen-bond donors (Lipinski definition) is 9. The van der Waals surface area contributed by atoms with Gasteiger partial charge in [-0.25, -0.2) is 34.9 Å². The molecule has 462 valence electrons. The first-order valence-electron chi connectivity index (χ1n) is 28.3. The van der Waals surface area contributed by atoms with Gasteiger partial charge in [-0.1, -0.05) is 49.4 Å². The maximum atomic E-state index is 15.2. The van der Waals surface area contributed by atoms with Crippen LogP contribution in [0.5, 0.6) is 5.75 Å². The number of aliphatic hydroxyl groups is 2. The number of carboxylic acid groups (broad SMARTS) is 1. The van der Waals surface area contributed by atoms with Gasteiger partial charge in [0.25, 0.3) is 23.6 Å². The zero-order valence-electron chi connectivity index (χ0n) is 47.6. The minimum Gasteiger partial charge on any atom is -0.508 e. The number of phenolic OH excluding ortho intramolecular Hbond substituents is 1. The Morgan fingerprint density at radius 1 is 0.678 bits per heavy atom. The van der Waals surface area contributed by atoms with Crippen LogP contribution >= 0.6 is 68.0 Å². The average molecular weight is 1330 g/mol. The first-order chi connectivity index (χ1) is 43.3. The van der Waals surface area contributed by atoms with Crippen LogP contribution in [0.4, 0.5) is 0 Å². The van der Waals surface area contributed by atoms with Gasteiger partial charge < -0.3 is 52.3 Å². The smallest absolute Gasteiger partial charge is 0.306 e. The number of nitrogens with two attached hydrogens (primary N) is 1. The lowest BCUT2D eigenvalue weighted by Gasteiger charge is -2.29. The fourth-order valence-electron chi connectivity index (χ4n) is 11.0. The summed E-state index contributed by atoms with van der Waals surface area (Å²) in [6.07, 6.45) is -0.900. The van der Waals surface area contributed by atoms with E-state index in [9.17, 15) is 49.2 Å². The number of carbonyl (C=O) groups is 7. The maximum Gasteiger partial charge on any atom is 0.306 e. The number of nitrogens with zero attached hydrogens (tertiary/aromatic N) is 8. The Kier molecular flexibility index (Phi) is 17.8. The van der Waals surface area contributed by atoms with Gasteiger partial charge in [0, 0.05) is 62.3 Å². The van der Waals surface area contributed by atoms with Gasteiger partial charge in [0.05, 0.1) is 36.2 Å². The number of hydrogen-bond acceptors (Lipinski definition) is 23. The molecule has 10 N–H and O–H groups in total. The zero-order valence-corrected chi connectivity index (χ0v) is 52.5. The molecule has 2 aromatic carbocycles. The number of benzene rings is 2. The van der Waals surface area contributed by atoms with Crippen LogP contribution in [-0.4, -0.2) is 126 Å². The maximum absolute atomic E-state index is 15.2. The Morgan fingerprint density at radius 3 is 2.07 bits per heavy atom. The molecule has 9 aromatic rings. The summed E-state index contributed by atoms with van der Waals surface area (Å²) in [5.41, 5.74) is 8.71. The lowest BCUT2D eigenvalue weighted by molar-refractivity contribution is -0.143. The van der Waals surface area contributed by atoms with E-state index in [0.717, 1.165) is 34.0 Å². The van der Waals surface area contributed by atoms with Crippen molar-refractivity contribution in [2.24, 2.45) is 17.6 Å². The highest BCUT2D eigenvalue weighted by Gasteiger charge is 2.46. The summed E-state index contributed by atoms with van der Waals surface area (Å²) < 4.78 is 0.